The molecule has 0 amide bonds. The maximum atomic E-state index is 12.0. The summed E-state index contributed by atoms with van der Waals surface area (Å²) in [6.07, 6.45) is 2.91. The lowest BCUT2D eigenvalue weighted by Crippen LogP contribution is -2.41. The average Bonchev–Trinajstić information content (AvgIpc) is 3.55. The van der Waals surface area contributed by atoms with Crippen molar-refractivity contribution >= 4 is 68.1 Å². The van der Waals surface area contributed by atoms with Crippen LogP contribution in [-0.2, 0) is 25.9 Å². The van der Waals surface area contributed by atoms with Crippen molar-refractivity contribution < 1.29 is 9.85 Å². The standard InChI is InChI=1S/C28H30Cl2N6O4S/c1-3-15(29)19-9-17-13(11-31-19)25-21(35(37)38)5-7-23(27(25)33-17)41-24-8-6-22(36(39)40)26-14-12-32-20(16(30)4-2)10-18(14)34-28(24)26/h5-8,15-16,19-20,31-34H,3-4,9-12H2,1-2H3. The number of benzene rings is 2. The lowest BCUT2D eigenvalue weighted by Gasteiger charge is -2.27. The summed E-state index contributed by atoms with van der Waals surface area (Å²) in [6, 6.07) is 6.72. The molecule has 0 spiro atoms. The van der Waals surface area contributed by atoms with Crippen LogP contribution in [0.4, 0.5) is 11.4 Å². The number of nitro benzene ring substituents is 2. The van der Waals surface area contributed by atoms with E-state index >= 15 is 0 Å². The molecule has 0 fully saturated rings. The monoisotopic (exact) mass is 616 g/mol. The van der Waals surface area contributed by atoms with Gasteiger partial charge in [-0.2, -0.15) is 0 Å². The third kappa shape index (κ3) is 4.87. The Bertz CT molecular complexity index is 1570. The van der Waals surface area contributed by atoms with E-state index in [4.69, 9.17) is 23.2 Å². The zero-order chi connectivity index (χ0) is 29.0. The molecule has 2 aromatic heterocycles. The van der Waals surface area contributed by atoms with E-state index in [-0.39, 0.29) is 44.1 Å². The van der Waals surface area contributed by atoms with Gasteiger partial charge in [-0.3, -0.25) is 20.2 Å². The van der Waals surface area contributed by atoms with Gasteiger partial charge < -0.3 is 20.6 Å². The molecule has 0 saturated carbocycles. The molecule has 4 N–H and O–H groups in total. The predicted octanol–water partition coefficient (Wildman–Crippen LogP) is 6.68. The van der Waals surface area contributed by atoms with Gasteiger partial charge in [0.1, 0.15) is 0 Å². The Balaban J connectivity index is 1.46. The second-order valence-corrected chi connectivity index (χ2v) is 12.9. The molecule has 0 aliphatic carbocycles. The number of non-ortho nitro benzene ring substituents is 2. The molecule has 2 aliphatic rings. The van der Waals surface area contributed by atoms with Crippen LogP contribution in [0.25, 0.3) is 21.8 Å². The molecule has 6 rings (SSSR count). The predicted molar refractivity (Wildman–Crippen MR) is 163 cm³/mol. The van der Waals surface area contributed by atoms with Crippen LogP contribution >= 0.6 is 35.0 Å². The lowest BCUT2D eigenvalue weighted by molar-refractivity contribution is -0.383. The molecule has 4 atom stereocenters. The summed E-state index contributed by atoms with van der Waals surface area (Å²) in [5, 5.41) is 32.1. The van der Waals surface area contributed by atoms with Gasteiger partial charge >= 0.3 is 0 Å². The highest BCUT2D eigenvalue weighted by Gasteiger charge is 2.32. The number of nitro groups is 2. The van der Waals surface area contributed by atoms with Crippen LogP contribution in [0.5, 0.6) is 0 Å². The van der Waals surface area contributed by atoms with Crippen molar-refractivity contribution in [2.45, 2.75) is 85.2 Å². The number of nitrogens with zero attached hydrogens (tertiary/aromatic N) is 2. The highest BCUT2D eigenvalue weighted by molar-refractivity contribution is 7.99. The zero-order valence-corrected chi connectivity index (χ0v) is 24.9. The van der Waals surface area contributed by atoms with Crippen molar-refractivity contribution in [3.63, 3.8) is 0 Å². The first-order valence-electron chi connectivity index (χ1n) is 13.8. The van der Waals surface area contributed by atoms with E-state index in [1.54, 1.807) is 24.3 Å². The molecule has 0 saturated heterocycles. The van der Waals surface area contributed by atoms with E-state index in [2.05, 4.69) is 20.6 Å². The second kappa shape index (κ2) is 11.1. The van der Waals surface area contributed by atoms with Gasteiger partial charge in [0, 0.05) is 93.2 Å². The van der Waals surface area contributed by atoms with Crippen LogP contribution in [0.1, 0.15) is 49.2 Å². The summed E-state index contributed by atoms with van der Waals surface area (Å²) in [6.45, 7) is 5.04. The minimum absolute atomic E-state index is 0.0490. The number of nitrogens with one attached hydrogen (secondary N) is 4. The molecule has 41 heavy (non-hydrogen) atoms. The Labute approximate surface area is 250 Å². The number of halogens is 2. The fourth-order valence-corrected chi connectivity index (χ4v) is 7.60. The Kier molecular flexibility index (Phi) is 7.67. The van der Waals surface area contributed by atoms with Crippen LogP contribution in [-0.4, -0.2) is 42.7 Å². The molecule has 4 heterocycles. The van der Waals surface area contributed by atoms with Gasteiger partial charge in [-0.25, -0.2) is 0 Å². The van der Waals surface area contributed by atoms with Crippen molar-refractivity contribution in [1.29, 1.82) is 0 Å². The van der Waals surface area contributed by atoms with Crippen molar-refractivity contribution in [1.82, 2.24) is 20.6 Å². The summed E-state index contributed by atoms with van der Waals surface area (Å²) >= 11 is 14.5. The Morgan fingerprint density at radius 1 is 0.805 bits per heavy atom. The van der Waals surface area contributed by atoms with Gasteiger partial charge in [0.15, 0.2) is 0 Å². The Hall–Kier alpha value is -2.83. The van der Waals surface area contributed by atoms with Crippen LogP contribution in [0, 0.1) is 20.2 Å². The summed E-state index contributed by atoms with van der Waals surface area (Å²) < 4.78 is 0. The van der Waals surface area contributed by atoms with Crippen LogP contribution in [0.15, 0.2) is 34.1 Å². The van der Waals surface area contributed by atoms with Crippen molar-refractivity contribution in [2.75, 3.05) is 0 Å². The van der Waals surface area contributed by atoms with E-state index < -0.39 is 0 Å². The fourth-order valence-electron chi connectivity index (χ4n) is 6.22. The summed E-state index contributed by atoms with van der Waals surface area (Å²) in [7, 11) is 0. The first kappa shape index (κ1) is 28.3. The highest BCUT2D eigenvalue weighted by atomic mass is 35.5. The maximum Gasteiger partial charge on any atom is 0.279 e. The number of aromatic nitrogens is 2. The highest BCUT2D eigenvalue weighted by Crippen LogP contribution is 2.45. The molecule has 0 bridgehead atoms. The topological polar surface area (TPSA) is 142 Å². The average molecular weight is 618 g/mol. The van der Waals surface area contributed by atoms with Gasteiger partial charge in [0.25, 0.3) is 11.4 Å². The van der Waals surface area contributed by atoms with E-state index in [1.807, 2.05) is 13.8 Å². The largest absolute Gasteiger partial charge is 0.357 e. The van der Waals surface area contributed by atoms with Crippen molar-refractivity contribution in [3.05, 3.63) is 67.0 Å². The van der Waals surface area contributed by atoms with Crippen LogP contribution < -0.4 is 10.6 Å². The molecular weight excluding hydrogens is 587 g/mol. The van der Waals surface area contributed by atoms with Crippen molar-refractivity contribution in [2.24, 2.45) is 0 Å². The first-order valence-corrected chi connectivity index (χ1v) is 15.4. The minimum atomic E-state index is -0.347. The van der Waals surface area contributed by atoms with E-state index in [0.29, 0.717) is 47.7 Å². The fraction of sp³-hybridized carbons (Fsp3) is 0.429. The molecule has 2 aromatic carbocycles. The minimum Gasteiger partial charge on any atom is -0.357 e. The molecule has 4 aromatic rings. The first-order chi connectivity index (χ1) is 19.7. The number of fused-ring (bicyclic) bond motifs is 6. The van der Waals surface area contributed by atoms with Crippen LogP contribution in [0.2, 0.25) is 0 Å². The normalized spacial score (nSPS) is 20.1. The van der Waals surface area contributed by atoms with Crippen LogP contribution in [0.3, 0.4) is 0 Å². The molecule has 0 radical (unpaired) electrons. The quantitative estimate of drug-likeness (QED) is 0.0982. The molecule has 10 nitrogen and oxygen atoms in total. The van der Waals surface area contributed by atoms with Gasteiger partial charge in [0.05, 0.1) is 31.7 Å². The second-order valence-electron chi connectivity index (χ2n) is 10.7. The van der Waals surface area contributed by atoms with E-state index in [1.165, 1.54) is 11.8 Å². The molecule has 4 unspecified atom stereocenters. The number of H-pyrrole nitrogens is 2. The number of hydrogen-bond donors (Lipinski definition) is 4. The van der Waals surface area contributed by atoms with E-state index in [9.17, 15) is 20.2 Å². The molecular formula is C28H30Cl2N6O4S. The summed E-state index contributed by atoms with van der Waals surface area (Å²) in [5.41, 5.74) is 5.16. The summed E-state index contributed by atoms with van der Waals surface area (Å²) in [5.74, 6) is 0. The molecule has 13 heteroatoms. The number of aromatic amines is 2. The number of rotatable bonds is 8. The van der Waals surface area contributed by atoms with Gasteiger partial charge in [0.2, 0.25) is 0 Å². The van der Waals surface area contributed by atoms with Gasteiger partial charge in [-0.05, 0) is 25.0 Å². The number of hydrogen-bond acceptors (Lipinski definition) is 7. The maximum absolute atomic E-state index is 12.0. The smallest absolute Gasteiger partial charge is 0.279 e. The molecule has 2 aliphatic heterocycles. The van der Waals surface area contributed by atoms with Gasteiger partial charge in [-0.15, -0.1) is 23.2 Å². The SMILES string of the molecule is CCC(Cl)C1Cc2[nH]c3c(Sc4ccc([N+](=O)[O-])c5c6c([nH]c45)CC(C(Cl)CC)NC6)ccc([N+](=O)[O-])c3c2CN1. The summed E-state index contributed by atoms with van der Waals surface area (Å²) in [4.78, 5) is 32.0. The third-order valence-corrected chi connectivity index (χ3v) is 10.7. The van der Waals surface area contributed by atoms with Crippen molar-refractivity contribution in [3.8, 4) is 0 Å². The van der Waals surface area contributed by atoms with Gasteiger partial charge in [-0.1, -0.05) is 25.6 Å². The third-order valence-electron chi connectivity index (χ3n) is 8.37. The number of alkyl halides is 2. The molecule has 216 valence electrons. The Morgan fingerprint density at radius 2 is 1.22 bits per heavy atom. The van der Waals surface area contributed by atoms with E-state index in [0.717, 1.165) is 45.1 Å². The Morgan fingerprint density at radius 3 is 1.59 bits per heavy atom. The lowest BCUT2D eigenvalue weighted by atomic mass is 9.97. The zero-order valence-electron chi connectivity index (χ0n) is 22.6.